The molecule has 2 heterocycles. The van der Waals surface area contributed by atoms with Gasteiger partial charge in [-0.25, -0.2) is 27.3 Å². The van der Waals surface area contributed by atoms with Crippen molar-refractivity contribution in [3.05, 3.63) is 53.7 Å². The standard InChI is InChI=1S/C16H16F2N4O3S/c17-12-2-1-3-13(18)15(12)22-7-5-11(9-22)21-16(23)10-4-6-20-14(8-10)26(19,24)25/h1-4,6,8,11H,5,7,9H2,(H,21,23)(H2,19,24,25). The molecular formula is C16H16F2N4O3S. The number of nitrogens with two attached hydrogens (primary N) is 1. The maximum absolute atomic E-state index is 13.9. The molecule has 0 aliphatic carbocycles. The minimum absolute atomic E-state index is 0.0829. The topological polar surface area (TPSA) is 105 Å². The monoisotopic (exact) mass is 382 g/mol. The van der Waals surface area contributed by atoms with E-state index in [-0.39, 0.29) is 23.8 Å². The minimum Gasteiger partial charge on any atom is -0.365 e. The van der Waals surface area contributed by atoms with E-state index >= 15 is 0 Å². The fraction of sp³-hybridized carbons (Fsp3) is 0.250. The van der Waals surface area contributed by atoms with E-state index in [2.05, 4.69) is 10.3 Å². The van der Waals surface area contributed by atoms with E-state index in [9.17, 15) is 22.0 Å². The lowest BCUT2D eigenvalue weighted by Crippen LogP contribution is -2.37. The quantitative estimate of drug-likeness (QED) is 0.821. The zero-order valence-electron chi connectivity index (χ0n) is 13.5. The molecular weight excluding hydrogens is 366 g/mol. The molecule has 1 fully saturated rings. The Hall–Kier alpha value is -2.59. The Morgan fingerprint density at radius 1 is 1.27 bits per heavy atom. The van der Waals surface area contributed by atoms with E-state index in [0.717, 1.165) is 6.07 Å². The highest BCUT2D eigenvalue weighted by Gasteiger charge is 2.28. The predicted octanol–water partition coefficient (Wildman–Crippen LogP) is 1.02. The number of benzene rings is 1. The number of nitrogens with zero attached hydrogens (tertiary/aromatic N) is 2. The number of carbonyl (C=O) groups excluding carboxylic acids is 1. The first kappa shape index (κ1) is 18.2. The average Bonchev–Trinajstić information content (AvgIpc) is 3.02. The van der Waals surface area contributed by atoms with Gasteiger partial charge >= 0.3 is 0 Å². The molecule has 7 nitrogen and oxygen atoms in total. The van der Waals surface area contributed by atoms with Gasteiger partial charge in [0.2, 0.25) is 0 Å². The number of rotatable bonds is 4. The molecule has 10 heteroatoms. The Morgan fingerprint density at radius 2 is 1.96 bits per heavy atom. The van der Waals surface area contributed by atoms with Crippen molar-refractivity contribution < 1.29 is 22.0 Å². The summed E-state index contributed by atoms with van der Waals surface area (Å²) < 4.78 is 50.4. The van der Waals surface area contributed by atoms with Gasteiger partial charge in [-0.15, -0.1) is 0 Å². The van der Waals surface area contributed by atoms with Gasteiger partial charge in [0.15, 0.2) is 5.03 Å². The molecule has 0 radical (unpaired) electrons. The van der Waals surface area contributed by atoms with Gasteiger partial charge in [-0.3, -0.25) is 4.79 Å². The van der Waals surface area contributed by atoms with Crippen LogP contribution in [0.3, 0.4) is 0 Å². The Balaban J connectivity index is 1.70. The van der Waals surface area contributed by atoms with Crippen LogP contribution in [0.5, 0.6) is 0 Å². The second-order valence-electron chi connectivity index (χ2n) is 5.90. The van der Waals surface area contributed by atoms with Crippen LogP contribution < -0.4 is 15.4 Å². The van der Waals surface area contributed by atoms with Crippen LogP contribution >= 0.6 is 0 Å². The summed E-state index contributed by atoms with van der Waals surface area (Å²) in [6.45, 7) is 0.609. The lowest BCUT2D eigenvalue weighted by atomic mass is 10.2. The molecule has 1 aliphatic rings. The van der Waals surface area contributed by atoms with Crippen LogP contribution in [0.4, 0.5) is 14.5 Å². The number of hydrogen-bond acceptors (Lipinski definition) is 5. The van der Waals surface area contributed by atoms with E-state index in [1.807, 2.05) is 0 Å². The van der Waals surface area contributed by atoms with Crippen molar-refractivity contribution in [2.75, 3.05) is 18.0 Å². The number of carbonyl (C=O) groups is 1. The number of nitrogens with one attached hydrogen (secondary N) is 1. The van der Waals surface area contributed by atoms with Crippen molar-refractivity contribution in [2.45, 2.75) is 17.5 Å². The van der Waals surface area contributed by atoms with Gasteiger partial charge in [-0.1, -0.05) is 6.07 Å². The van der Waals surface area contributed by atoms with Gasteiger partial charge in [0.1, 0.15) is 17.3 Å². The molecule has 1 saturated heterocycles. The van der Waals surface area contributed by atoms with Crippen molar-refractivity contribution in [3.8, 4) is 0 Å². The van der Waals surface area contributed by atoms with Crippen LogP contribution in [0, 0.1) is 11.6 Å². The number of amides is 1. The molecule has 0 bridgehead atoms. The summed E-state index contributed by atoms with van der Waals surface area (Å²) in [5.74, 6) is -1.84. The van der Waals surface area contributed by atoms with Gasteiger partial charge in [0.25, 0.3) is 15.9 Å². The number of aromatic nitrogens is 1. The lowest BCUT2D eigenvalue weighted by molar-refractivity contribution is 0.0940. The second kappa shape index (κ2) is 6.96. The fourth-order valence-electron chi connectivity index (χ4n) is 2.85. The van der Waals surface area contributed by atoms with E-state index < -0.39 is 32.6 Å². The molecule has 138 valence electrons. The third kappa shape index (κ3) is 3.81. The van der Waals surface area contributed by atoms with E-state index in [0.29, 0.717) is 13.0 Å². The molecule has 0 saturated carbocycles. The molecule has 1 amide bonds. The van der Waals surface area contributed by atoms with Crippen molar-refractivity contribution >= 4 is 21.6 Å². The number of anilines is 1. The number of primary sulfonamides is 1. The maximum Gasteiger partial charge on any atom is 0.255 e. The highest BCUT2D eigenvalue weighted by atomic mass is 32.2. The van der Waals surface area contributed by atoms with Gasteiger partial charge in [0, 0.05) is 30.9 Å². The van der Waals surface area contributed by atoms with Crippen LogP contribution in [0.1, 0.15) is 16.8 Å². The minimum atomic E-state index is -4.02. The SMILES string of the molecule is NS(=O)(=O)c1cc(C(=O)NC2CCN(c3c(F)cccc3F)C2)ccn1. The zero-order valence-corrected chi connectivity index (χ0v) is 14.3. The number of hydrogen-bond donors (Lipinski definition) is 2. The number of halogens is 2. The Kier molecular flexibility index (Phi) is 4.88. The largest absolute Gasteiger partial charge is 0.365 e. The van der Waals surface area contributed by atoms with Gasteiger partial charge in [0.05, 0.1) is 0 Å². The molecule has 2 aromatic rings. The van der Waals surface area contributed by atoms with Gasteiger partial charge in [-0.05, 0) is 30.7 Å². The zero-order chi connectivity index (χ0) is 18.9. The molecule has 1 atom stereocenters. The fourth-order valence-corrected chi connectivity index (χ4v) is 3.35. The van der Waals surface area contributed by atoms with Crippen molar-refractivity contribution in [1.29, 1.82) is 0 Å². The highest BCUT2D eigenvalue weighted by molar-refractivity contribution is 7.89. The normalized spacial score (nSPS) is 17.3. The van der Waals surface area contributed by atoms with Crippen LogP contribution in [-0.4, -0.2) is 38.4 Å². The first-order valence-electron chi connectivity index (χ1n) is 7.74. The number of pyridine rings is 1. The third-order valence-electron chi connectivity index (χ3n) is 4.07. The summed E-state index contributed by atoms with van der Waals surface area (Å²) in [6, 6.07) is 5.73. The van der Waals surface area contributed by atoms with Crippen molar-refractivity contribution in [2.24, 2.45) is 5.14 Å². The van der Waals surface area contributed by atoms with Gasteiger partial charge < -0.3 is 10.2 Å². The van der Waals surface area contributed by atoms with Crippen LogP contribution in [-0.2, 0) is 10.0 Å². The maximum atomic E-state index is 13.9. The van der Waals surface area contributed by atoms with Crippen LogP contribution in [0.2, 0.25) is 0 Å². The molecule has 26 heavy (non-hydrogen) atoms. The summed E-state index contributed by atoms with van der Waals surface area (Å²) in [6.07, 6.45) is 1.66. The predicted molar refractivity (Wildman–Crippen MR) is 90.1 cm³/mol. The summed E-state index contributed by atoms with van der Waals surface area (Å²) in [4.78, 5) is 17.5. The molecule has 3 rings (SSSR count). The molecule has 3 N–H and O–H groups in total. The molecule has 1 aromatic heterocycles. The summed E-state index contributed by atoms with van der Waals surface area (Å²) in [7, 11) is -4.02. The molecule has 1 unspecified atom stereocenters. The van der Waals surface area contributed by atoms with E-state index in [4.69, 9.17) is 5.14 Å². The number of para-hydroxylation sites is 1. The Morgan fingerprint density at radius 3 is 2.62 bits per heavy atom. The average molecular weight is 382 g/mol. The Bertz CT molecular complexity index is 932. The molecule has 1 aliphatic heterocycles. The van der Waals surface area contributed by atoms with Crippen LogP contribution in [0.25, 0.3) is 0 Å². The number of sulfonamides is 1. The first-order valence-corrected chi connectivity index (χ1v) is 9.29. The van der Waals surface area contributed by atoms with E-state index in [1.165, 1.54) is 35.4 Å². The van der Waals surface area contributed by atoms with Crippen LogP contribution in [0.15, 0.2) is 41.6 Å². The lowest BCUT2D eigenvalue weighted by Gasteiger charge is -2.20. The van der Waals surface area contributed by atoms with Crippen molar-refractivity contribution in [1.82, 2.24) is 10.3 Å². The first-order chi connectivity index (χ1) is 12.3. The third-order valence-corrected chi connectivity index (χ3v) is 4.87. The highest BCUT2D eigenvalue weighted by Crippen LogP contribution is 2.26. The van der Waals surface area contributed by atoms with E-state index in [1.54, 1.807) is 0 Å². The molecule has 1 aromatic carbocycles. The summed E-state index contributed by atoms with van der Waals surface area (Å²) in [5.41, 5.74) is -0.0378. The van der Waals surface area contributed by atoms with Gasteiger partial charge in [-0.2, -0.15) is 0 Å². The second-order valence-corrected chi connectivity index (χ2v) is 7.41. The summed E-state index contributed by atoms with van der Waals surface area (Å²) >= 11 is 0. The summed E-state index contributed by atoms with van der Waals surface area (Å²) in [5, 5.41) is 7.31. The molecule has 0 spiro atoms. The van der Waals surface area contributed by atoms with Crippen molar-refractivity contribution in [3.63, 3.8) is 0 Å². The smallest absolute Gasteiger partial charge is 0.255 e. The Labute approximate surface area is 148 Å².